The summed E-state index contributed by atoms with van der Waals surface area (Å²) in [5.41, 5.74) is 0.467. The average molecular weight is 317 g/mol. The van der Waals surface area contributed by atoms with Crippen LogP contribution in [0.4, 0.5) is 0 Å². The number of rotatable bonds is 5. The van der Waals surface area contributed by atoms with E-state index in [1.807, 2.05) is 11.8 Å². The highest BCUT2D eigenvalue weighted by Crippen LogP contribution is 2.24. The second-order valence-electron chi connectivity index (χ2n) is 4.64. The van der Waals surface area contributed by atoms with Gasteiger partial charge in [-0.25, -0.2) is 13.1 Å². The number of hydrogen-bond acceptors (Lipinski definition) is 5. The van der Waals surface area contributed by atoms with Gasteiger partial charge in [0.2, 0.25) is 10.0 Å². The summed E-state index contributed by atoms with van der Waals surface area (Å²) >= 11 is 1.85. The lowest BCUT2D eigenvalue weighted by Gasteiger charge is -2.22. The van der Waals surface area contributed by atoms with E-state index in [9.17, 15) is 13.5 Å². The molecule has 1 heterocycles. The molecule has 7 heteroatoms. The highest BCUT2D eigenvalue weighted by atomic mass is 32.2. The Balaban J connectivity index is 2.20. The van der Waals surface area contributed by atoms with Crippen molar-refractivity contribution in [3.8, 4) is 5.75 Å². The van der Waals surface area contributed by atoms with Gasteiger partial charge in [0.25, 0.3) is 0 Å². The molecule has 1 fully saturated rings. The Bertz CT molecular complexity index is 553. The van der Waals surface area contributed by atoms with Crippen LogP contribution in [0.1, 0.15) is 18.4 Å². The van der Waals surface area contributed by atoms with E-state index in [-0.39, 0.29) is 17.5 Å². The normalized spacial score (nSPS) is 17.1. The number of aliphatic hydroxyl groups is 1. The number of ether oxygens (including phenoxy) is 1. The van der Waals surface area contributed by atoms with Crippen LogP contribution in [0, 0.1) is 0 Å². The Morgan fingerprint density at radius 2 is 2.10 bits per heavy atom. The van der Waals surface area contributed by atoms with Gasteiger partial charge in [0, 0.05) is 11.6 Å². The summed E-state index contributed by atoms with van der Waals surface area (Å²) in [4.78, 5) is 0.167. The first-order valence-electron chi connectivity index (χ1n) is 6.44. The fraction of sp³-hybridized carbons (Fsp3) is 0.538. The molecule has 112 valence electrons. The van der Waals surface area contributed by atoms with Crippen LogP contribution < -0.4 is 9.46 Å². The molecule has 1 aliphatic rings. The topological polar surface area (TPSA) is 75.6 Å². The van der Waals surface area contributed by atoms with Gasteiger partial charge < -0.3 is 9.84 Å². The van der Waals surface area contributed by atoms with E-state index < -0.39 is 10.0 Å². The maximum absolute atomic E-state index is 12.3. The Morgan fingerprint density at radius 1 is 1.40 bits per heavy atom. The molecule has 0 saturated carbocycles. The molecule has 0 amide bonds. The number of sulfonamides is 1. The molecular formula is C13H19NO4S2. The predicted octanol–water partition coefficient (Wildman–Crippen LogP) is 1.36. The number of nitrogens with one attached hydrogen (secondary N) is 1. The van der Waals surface area contributed by atoms with Crippen LogP contribution >= 0.6 is 11.8 Å². The predicted molar refractivity (Wildman–Crippen MR) is 79.6 cm³/mol. The number of thioether (sulfide) groups is 1. The van der Waals surface area contributed by atoms with Gasteiger partial charge in [-0.1, -0.05) is 0 Å². The van der Waals surface area contributed by atoms with Crippen molar-refractivity contribution < 1.29 is 18.3 Å². The van der Waals surface area contributed by atoms with Crippen LogP contribution in [0.2, 0.25) is 0 Å². The van der Waals surface area contributed by atoms with Gasteiger partial charge in [-0.2, -0.15) is 11.8 Å². The van der Waals surface area contributed by atoms with Crippen LogP contribution in [-0.2, 0) is 16.6 Å². The largest absolute Gasteiger partial charge is 0.496 e. The molecule has 0 unspecified atom stereocenters. The van der Waals surface area contributed by atoms with Crippen molar-refractivity contribution in [2.45, 2.75) is 30.4 Å². The molecule has 20 heavy (non-hydrogen) atoms. The molecule has 1 saturated heterocycles. The number of benzene rings is 1. The molecule has 5 nitrogen and oxygen atoms in total. The van der Waals surface area contributed by atoms with Gasteiger partial charge in [0.1, 0.15) is 5.75 Å². The summed E-state index contributed by atoms with van der Waals surface area (Å²) in [6, 6.07) is 4.52. The van der Waals surface area contributed by atoms with Gasteiger partial charge in [0.05, 0.1) is 18.6 Å². The van der Waals surface area contributed by atoms with E-state index in [1.54, 1.807) is 6.07 Å². The second-order valence-corrected chi connectivity index (χ2v) is 7.58. The van der Waals surface area contributed by atoms with Crippen molar-refractivity contribution >= 4 is 21.8 Å². The Hall–Kier alpha value is -0.760. The lowest BCUT2D eigenvalue weighted by atomic mass is 10.2. The van der Waals surface area contributed by atoms with Gasteiger partial charge in [-0.3, -0.25) is 0 Å². The average Bonchev–Trinajstić information content (AvgIpc) is 2.47. The van der Waals surface area contributed by atoms with Crippen molar-refractivity contribution in [2.75, 3.05) is 18.6 Å². The molecule has 0 radical (unpaired) electrons. The third kappa shape index (κ3) is 3.66. The van der Waals surface area contributed by atoms with E-state index in [4.69, 9.17) is 4.74 Å². The monoisotopic (exact) mass is 317 g/mol. The van der Waals surface area contributed by atoms with E-state index >= 15 is 0 Å². The molecule has 0 bridgehead atoms. The SMILES string of the molecule is COc1ccc(S(=O)(=O)NC2CCSCC2)cc1CO. The third-order valence-corrected chi connectivity index (χ3v) is 5.84. The molecular weight excluding hydrogens is 298 g/mol. The fourth-order valence-electron chi connectivity index (χ4n) is 2.15. The molecule has 1 aromatic rings. The molecule has 1 aliphatic heterocycles. The van der Waals surface area contributed by atoms with Gasteiger partial charge >= 0.3 is 0 Å². The first-order valence-corrected chi connectivity index (χ1v) is 9.08. The third-order valence-electron chi connectivity index (χ3n) is 3.28. The second kappa shape index (κ2) is 6.80. The zero-order valence-corrected chi connectivity index (χ0v) is 13.0. The smallest absolute Gasteiger partial charge is 0.240 e. The zero-order chi connectivity index (χ0) is 14.6. The summed E-state index contributed by atoms with van der Waals surface area (Å²) in [6.07, 6.45) is 1.71. The van der Waals surface area contributed by atoms with Crippen LogP contribution in [0.5, 0.6) is 5.75 Å². The lowest BCUT2D eigenvalue weighted by molar-refractivity contribution is 0.273. The van der Waals surface area contributed by atoms with Crippen molar-refractivity contribution in [2.24, 2.45) is 0 Å². The molecule has 2 N–H and O–H groups in total. The molecule has 0 spiro atoms. The van der Waals surface area contributed by atoms with Gasteiger partial charge in [-0.15, -0.1) is 0 Å². The van der Waals surface area contributed by atoms with E-state index in [0.29, 0.717) is 11.3 Å². The standard InChI is InChI=1S/C13H19NO4S2/c1-18-13-3-2-12(8-10(13)9-15)20(16,17)14-11-4-6-19-7-5-11/h2-3,8,11,14-15H,4-7,9H2,1H3. The minimum Gasteiger partial charge on any atom is -0.496 e. The van der Waals surface area contributed by atoms with Crippen molar-refractivity contribution in [3.63, 3.8) is 0 Å². The van der Waals surface area contributed by atoms with Crippen LogP contribution in [0.3, 0.4) is 0 Å². The minimum absolute atomic E-state index is 0.000859. The van der Waals surface area contributed by atoms with Crippen LogP contribution in [0.15, 0.2) is 23.1 Å². The number of methoxy groups -OCH3 is 1. The summed E-state index contributed by atoms with van der Waals surface area (Å²) in [6.45, 7) is -0.257. The van der Waals surface area contributed by atoms with Crippen LogP contribution in [0.25, 0.3) is 0 Å². The quantitative estimate of drug-likeness (QED) is 0.857. The fourth-order valence-corrected chi connectivity index (χ4v) is 4.61. The van der Waals surface area contributed by atoms with E-state index in [0.717, 1.165) is 24.3 Å². The Morgan fingerprint density at radius 3 is 2.70 bits per heavy atom. The Labute approximate surface area is 123 Å². The molecule has 2 rings (SSSR count). The highest BCUT2D eigenvalue weighted by molar-refractivity contribution is 7.99. The minimum atomic E-state index is -3.54. The molecule has 0 aliphatic carbocycles. The lowest BCUT2D eigenvalue weighted by Crippen LogP contribution is -2.37. The van der Waals surface area contributed by atoms with Gasteiger partial charge in [-0.05, 0) is 42.5 Å². The summed E-state index contributed by atoms with van der Waals surface area (Å²) in [5, 5.41) is 9.26. The highest BCUT2D eigenvalue weighted by Gasteiger charge is 2.22. The molecule has 0 atom stereocenters. The maximum atomic E-state index is 12.3. The first kappa shape index (κ1) is 15.6. The molecule has 0 aromatic heterocycles. The van der Waals surface area contributed by atoms with Crippen LogP contribution in [-0.4, -0.2) is 38.2 Å². The van der Waals surface area contributed by atoms with Crippen molar-refractivity contribution in [1.82, 2.24) is 4.72 Å². The molecule has 1 aromatic carbocycles. The van der Waals surface area contributed by atoms with Crippen molar-refractivity contribution in [3.05, 3.63) is 23.8 Å². The van der Waals surface area contributed by atoms with E-state index in [1.165, 1.54) is 19.2 Å². The Kier molecular flexibility index (Phi) is 5.31. The van der Waals surface area contributed by atoms with Gasteiger partial charge in [0.15, 0.2) is 0 Å². The number of hydrogen-bond donors (Lipinski definition) is 2. The summed E-state index contributed by atoms with van der Waals surface area (Å²) in [7, 11) is -2.06. The maximum Gasteiger partial charge on any atom is 0.240 e. The van der Waals surface area contributed by atoms with E-state index in [2.05, 4.69) is 4.72 Å². The summed E-state index contributed by atoms with van der Waals surface area (Å²) < 4.78 is 32.5. The van der Waals surface area contributed by atoms with Crippen molar-refractivity contribution in [1.29, 1.82) is 0 Å². The summed E-state index contributed by atoms with van der Waals surface area (Å²) in [5.74, 6) is 2.45. The first-order chi connectivity index (χ1) is 9.56. The zero-order valence-electron chi connectivity index (χ0n) is 11.3. The number of aliphatic hydroxyl groups excluding tert-OH is 1.